The number of para-hydroxylation sites is 2. The number of anilines is 2. The molecule has 0 spiro atoms. The van der Waals surface area contributed by atoms with Crippen LogP contribution in [-0.4, -0.2) is 6.04 Å². The molecule has 3 heteroatoms. The molecule has 2 aromatic carbocycles. The molecule has 2 nitrogen and oxygen atoms in total. The summed E-state index contributed by atoms with van der Waals surface area (Å²) in [6.07, 6.45) is 0. The first kappa shape index (κ1) is 11.2. The highest BCUT2D eigenvalue weighted by Gasteiger charge is 2.26. The molecule has 0 radical (unpaired) electrons. The molecule has 3 rings (SSSR count). The van der Waals surface area contributed by atoms with Crippen LogP contribution in [0.5, 0.6) is 0 Å². The lowest BCUT2D eigenvalue weighted by atomic mass is 10.1. The highest BCUT2D eigenvalue weighted by molar-refractivity contribution is 7.99. The molecule has 18 heavy (non-hydrogen) atoms. The minimum atomic E-state index is -0.173. The van der Waals surface area contributed by atoms with E-state index in [2.05, 4.69) is 35.2 Å². The van der Waals surface area contributed by atoms with Crippen LogP contribution >= 0.6 is 11.8 Å². The maximum atomic E-state index is 9.24. The Morgan fingerprint density at radius 2 is 1.50 bits per heavy atom. The molecule has 0 saturated carbocycles. The third-order valence-corrected chi connectivity index (χ3v) is 4.17. The van der Waals surface area contributed by atoms with Crippen LogP contribution in [0.25, 0.3) is 0 Å². The van der Waals surface area contributed by atoms with E-state index in [1.165, 1.54) is 9.79 Å². The molecule has 0 fully saturated rings. The van der Waals surface area contributed by atoms with Gasteiger partial charge in [0.25, 0.3) is 0 Å². The first-order valence-electron chi connectivity index (χ1n) is 5.86. The Balaban J connectivity index is 2.21. The smallest absolute Gasteiger partial charge is 0.118 e. The third kappa shape index (κ3) is 1.66. The van der Waals surface area contributed by atoms with Crippen molar-refractivity contribution in [3.63, 3.8) is 0 Å². The van der Waals surface area contributed by atoms with E-state index in [0.29, 0.717) is 0 Å². The molecule has 0 aliphatic carbocycles. The number of rotatable bonds is 1. The van der Waals surface area contributed by atoms with Crippen molar-refractivity contribution in [2.45, 2.75) is 22.8 Å². The van der Waals surface area contributed by atoms with Gasteiger partial charge in [0, 0.05) is 9.79 Å². The molecule has 1 aliphatic heterocycles. The molecule has 2 aromatic rings. The van der Waals surface area contributed by atoms with Gasteiger partial charge in [0.2, 0.25) is 0 Å². The number of hydrogen-bond acceptors (Lipinski definition) is 3. The largest absolute Gasteiger partial charge is 0.323 e. The van der Waals surface area contributed by atoms with E-state index in [1.807, 2.05) is 31.2 Å². The zero-order valence-electron chi connectivity index (χ0n) is 10.00. The zero-order valence-corrected chi connectivity index (χ0v) is 10.8. The molecule has 1 aliphatic rings. The molecule has 0 bridgehead atoms. The fraction of sp³-hybridized carbons (Fsp3) is 0.133. The van der Waals surface area contributed by atoms with Gasteiger partial charge in [-0.1, -0.05) is 36.0 Å². The van der Waals surface area contributed by atoms with Gasteiger partial charge in [0.05, 0.1) is 17.4 Å². The van der Waals surface area contributed by atoms with Crippen LogP contribution in [0.3, 0.4) is 0 Å². The summed E-state index contributed by atoms with van der Waals surface area (Å²) < 4.78 is 0. The van der Waals surface area contributed by atoms with Crippen molar-refractivity contribution in [3.05, 3.63) is 48.5 Å². The summed E-state index contributed by atoms with van der Waals surface area (Å²) in [6.45, 7) is 1.93. The number of benzene rings is 2. The van der Waals surface area contributed by atoms with E-state index >= 15 is 0 Å². The van der Waals surface area contributed by atoms with Gasteiger partial charge in [-0.2, -0.15) is 5.26 Å². The molecule has 1 unspecified atom stereocenters. The van der Waals surface area contributed by atoms with Crippen LogP contribution in [0, 0.1) is 11.3 Å². The zero-order chi connectivity index (χ0) is 12.5. The molecule has 1 atom stereocenters. The van der Waals surface area contributed by atoms with E-state index in [4.69, 9.17) is 0 Å². The van der Waals surface area contributed by atoms with Crippen molar-refractivity contribution in [1.82, 2.24) is 0 Å². The minimum absolute atomic E-state index is 0.173. The summed E-state index contributed by atoms with van der Waals surface area (Å²) in [5.74, 6) is 0. The average molecular weight is 252 g/mol. The van der Waals surface area contributed by atoms with Crippen molar-refractivity contribution in [3.8, 4) is 6.07 Å². The van der Waals surface area contributed by atoms with Gasteiger partial charge in [0.15, 0.2) is 0 Å². The van der Waals surface area contributed by atoms with Crippen molar-refractivity contribution in [1.29, 1.82) is 5.26 Å². The molecular weight excluding hydrogens is 240 g/mol. The predicted octanol–water partition coefficient (Wildman–Crippen LogP) is 4.20. The van der Waals surface area contributed by atoms with E-state index < -0.39 is 0 Å². The number of hydrogen-bond donors (Lipinski definition) is 0. The van der Waals surface area contributed by atoms with E-state index in [1.54, 1.807) is 11.8 Å². The first-order valence-corrected chi connectivity index (χ1v) is 6.67. The van der Waals surface area contributed by atoms with Crippen LogP contribution in [-0.2, 0) is 0 Å². The minimum Gasteiger partial charge on any atom is -0.323 e. The molecule has 0 aromatic heterocycles. The maximum absolute atomic E-state index is 9.24. The second kappa shape index (κ2) is 4.40. The Labute approximate surface area is 111 Å². The maximum Gasteiger partial charge on any atom is 0.118 e. The summed E-state index contributed by atoms with van der Waals surface area (Å²) in [4.78, 5) is 4.53. The normalized spacial score (nSPS) is 14.3. The first-order chi connectivity index (χ1) is 8.81. The van der Waals surface area contributed by atoms with Crippen LogP contribution in [0.15, 0.2) is 58.3 Å². The number of nitriles is 1. The average Bonchev–Trinajstić information content (AvgIpc) is 2.44. The van der Waals surface area contributed by atoms with E-state index in [0.717, 1.165) is 11.4 Å². The Morgan fingerprint density at radius 3 is 2.00 bits per heavy atom. The lowest BCUT2D eigenvalue weighted by Crippen LogP contribution is -2.29. The fourth-order valence-corrected chi connectivity index (χ4v) is 3.28. The highest BCUT2D eigenvalue weighted by atomic mass is 32.2. The van der Waals surface area contributed by atoms with Gasteiger partial charge in [-0.05, 0) is 31.2 Å². The van der Waals surface area contributed by atoms with Crippen LogP contribution in [0.4, 0.5) is 11.4 Å². The van der Waals surface area contributed by atoms with E-state index in [-0.39, 0.29) is 6.04 Å². The van der Waals surface area contributed by atoms with Gasteiger partial charge in [-0.25, -0.2) is 0 Å². The summed E-state index contributed by atoms with van der Waals surface area (Å²) in [5.41, 5.74) is 2.24. The Morgan fingerprint density at radius 1 is 1.00 bits per heavy atom. The highest BCUT2D eigenvalue weighted by Crippen LogP contribution is 2.48. The van der Waals surface area contributed by atoms with Crippen molar-refractivity contribution in [2.24, 2.45) is 0 Å². The number of fused-ring (bicyclic) bond motifs is 2. The van der Waals surface area contributed by atoms with Gasteiger partial charge >= 0.3 is 0 Å². The van der Waals surface area contributed by atoms with Crippen molar-refractivity contribution in [2.75, 3.05) is 4.90 Å². The summed E-state index contributed by atoms with van der Waals surface area (Å²) >= 11 is 1.76. The molecule has 0 amide bonds. The summed E-state index contributed by atoms with van der Waals surface area (Å²) in [7, 11) is 0. The second-order valence-corrected chi connectivity index (χ2v) is 5.30. The van der Waals surface area contributed by atoms with Crippen LogP contribution in [0.2, 0.25) is 0 Å². The Bertz CT molecular complexity index is 585. The Hall–Kier alpha value is -1.92. The Kier molecular flexibility index (Phi) is 2.73. The number of nitrogens with zero attached hydrogens (tertiary/aromatic N) is 2. The monoisotopic (exact) mass is 252 g/mol. The van der Waals surface area contributed by atoms with Gasteiger partial charge in [-0.15, -0.1) is 0 Å². The quantitative estimate of drug-likeness (QED) is 0.761. The van der Waals surface area contributed by atoms with Gasteiger partial charge < -0.3 is 4.90 Å². The lowest BCUT2D eigenvalue weighted by molar-refractivity contribution is 0.853. The van der Waals surface area contributed by atoms with Crippen molar-refractivity contribution < 1.29 is 0 Å². The second-order valence-electron chi connectivity index (χ2n) is 4.21. The topological polar surface area (TPSA) is 27.0 Å². The standard InChI is InChI=1S/C15H12N2S/c1-11(10-16)17-12-6-2-4-8-14(12)18-15-9-5-3-7-13(15)17/h2-9,11H,1H3. The summed E-state index contributed by atoms with van der Waals surface area (Å²) in [6, 6.07) is 18.6. The molecule has 88 valence electrons. The predicted molar refractivity (Wildman–Crippen MR) is 74.2 cm³/mol. The van der Waals surface area contributed by atoms with Gasteiger partial charge in [0.1, 0.15) is 6.04 Å². The van der Waals surface area contributed by atoms with Gasteiger partial charge in [-0.3, -0.25) is 0 Å². The molecule has 1 heterocycles. The fourth-order valence-electron chi connectivity index (χ4n) is 2.21. The third-order valence-electron chi connectivity index (χ3n) is 3.04. The van der Waals surface area contributed by atoms with Crippen LogP contribution < -0.4 is 4.90 Å². The summed E-state index contributed by atoms with van der Waals surface area (Å²) in [5, 5.41) is 9.24. The van der Waals surface area contributed by atoms with Crippen LogP contribution in [0.1, 0.15) is 6.92 Å². The lowest BCUT2D eigenvalue weighted by Gasteiger charge is -2.34. The van der Waals surface area contributed by atoms with Crippen molar-refractivity contribution >= 4 is 23.1 Å². The molecule has 0 N–H and O–H groups in total. The van der Waals surface area contributed by atoms with E-state index in [9.17, 15) is 5.26 Å². The molecule has 0 saturated heterocycles. The SMILES string of the molecule is CC(C#N)N1c2ccccc2Sc2ccccc21. The molecular formula is C15H12N2S.